The lowest BCUT2D eigenvalue weighted by atomic mass is 10.2. The third-order valence-corrected chi connectivity index (χ3v) is 4.32. The summed E-state index contributed by atoms with van der Waals surface area (Å²) in [7, 11) is 0. The van der Waals surface area contributed by atoms with Crippen LogP contribution in [0.25, 0.3) is 0 Å². The molecule has 2 heterocycles. The van der Waals surface area contributed by atoms with Gasteiger partial charge < -0.3 is 20.9 Å². The van der Waals surface area contributed by atoms with Gasteiger partial charge in [-0.25, -0.2) is 9.59 Å². The van der Waals surface area contributed by atoms with Gasteiger partial charge in [0.25, 0.3) is 0 Å². The van der Waals surface area contributed by atoms with E-state index in [1.165, 1.54) is 0 Å². The molecule has 3 N–H and O–H groups in total. The molecule has 8 heteroatoms. The second-order valence-electron chi connectivity index (χ2n) is 6.38. The van der Waals surface area contributed by atoms with Crippen LogP contribution in [-0.2, 0) is 4.79 Å². The zero-order valence-electron chi connectivity index (χ0n) is 14.2. The largest absolute Gasteiger partial charge is 0.341 e. The van der Waals surface area contributed by atoms with Gasteiger partial charge in [-0.05, 0) is 31.5 Å². The summed E-state index contributed by atoms with van der Waals surface area (Å²) in [6, 6.07) is 6.55. The van der Waals surface area contributed by atoms with Crippen molar-refractivity contribution in [2.24, 2.45) is 0 Å². The van der Waals surface area contributed by atoms with Crippen LogP contribution in [0.2, 0.25) is 0 Å². The molecule has 1 aromatic carbocycles. The van der Waals surface area contributed by atoms with E-state index in [0.29, 0.717) is 31.7 Å². The van der Waals surface area contributed by atoms with Crippen LogP contribution in [0, 0.1) is 0 Å². The molecule has 0 saturated carbocycles. The van der Waals surface area contributed by atoms with Gasteiger partial charge in [-0.2, -0.15) is 0 Å². The lowest BCUT2D eigenvalue weighted by molar-refractivity contribution is -0.127. The molecule has 5 amide bonds. The molecule has 0 unspecified atom stereocenters. The first-order chi connectivity index (χ1) is 12.0. The van der Waals surface area contributed by atoms with Crippen LogP contribution in [0.3, 0.4) is 0 Å². The molecule has 1 aromatic rings. The van der Waals surface area contributed by atoms with Gasteiger partial charge in [0.2, 0.25) is 5.91 Å². The van der Waals surface area contributed by atoms with Crippen molar-refractivity contribution in [2.45, 2.75) is 25.8 Å². The van der Waals surface area contributed by atoms with E-state index in [0.717, 1.165) is 18.7 Å². The minimum absolute atomic E-state index is 0.134. The number of amides is 5. The highest BCUT2D eigenvalue weighted by Gasteiger charge is 2.23. The zero-order chi connectivity index (χ0) is 17.8. The fourth-order valence-corrected chi connectivity index (χ4v) is 3.13. The van der Waals surface area contributed by atoms with E-state index in [9.17, 15) is 14.4 Å². The van der Waals surface area contributed by atoms with E-state index < -0.39 is 0 Å². The second-order valence-corrected chi connectivity index (χ2v) is 6.38. The quantitative estimate of drug-likeness (QED) is 0.752. The number of carbonyl (C=O) groups excluding carboxylic acids is 3. The molecule has 1 atom stereocenters. The number of urea groups is 2. The van der Waals surface area contributed by atoms with Gasteiger partial charge in [0.05, 0.1) is 0 Å². The van der Waals surface area contributed by atoms with Gasteiger partial charge in [-0.3, -0.25) is 9.69 Å². The first-order valence-electron chi connectivity index (χ1n) is 8.53. The summed E-state index contributed by atoms with van der Waals surface area (Å²) in [5.74, 6) is 0.144. The summed E-state index contributed by atoms with van der Waals surface area (Å²) in [4.78, 5) is 38.9. The minimum Gasteiger partial charge on any atom is -0.341 e. The fraction of sp³-hybridized carbons (Fsp3) is 0.471. The predicted molar refractivity (Wildman–Crippen MR) is 94.6 cm³/mol. The summed E-state index contributed by atoms with van der Waals surface area (Å²) in [6.07, 6.45) is 1.48. The summed E-state index contributed by atoms with van der Waals surface area (Å²) in [5.41, 5.74) is 1.35. The molecule has 134 valence electrons. The molecule has 25 heavy (non-hydrogen) atoms. The van der Waals surface area contributed by atoms with Crippen molar-refractivity contribution in [2.75, 3.05) is 36.4 Å². The number of nitrogens with zero attached hydrogens (tertiary/aromatic N) is 2. The summed E-state index contributed by atoms with van der Waals surface area (Å²) < 4.78 is 0. The van der Waals surface area contributed by atoms with Crippen LogP contribution in [-0.4, -0.2) is 55.1 Å². The van der Waals surface area contributed by atoms with Crippen LogP contribution in [0.4, 0.5) is 21.0 Å². The molecule has 3 rings (SSSR count). The Morgan fingerprint density at radius 3 is 2.84 bits per heavy atom. The number of carbonyl (C=O) groups is 3. The maximum Gasteiger partial charge on any atom is 0.321 e. The van der Waals surface area contributed by atoms with Crippen LogP contribution < -0.4 is 20.9 Å². The molecule has 0 aromatic heterocycles. The third kappa shape index (κ3) is 4.20. The van der Waals surface area contributed by atoms with E-state index >= 15 is 0 Å². The van der Waals surface area contributed by atoms with Crippen molar-refractivity contribution in [3.8, 4) is 0 Å². The van der Waals surface area contributed by atoms with Crippen molar-refractivity contribution >= 4 is 29.3 Å². The van der Waals surface area contributed by atoms with Gasteiger partial charge in [0, 0.05) is 50.0 Å². The standard InChI is InChI=1S/C17H23N5O3/c1-12(11-21-8-3-6-15(21)23)19-16(24)20-13-4-2-5-14(10-13)22-9-7-18-17(22)25/h2,4-5,10,12H,3,6-9,11H2,1H3,(H,18,25)(H2,19,20,24)/t12-/m0/s1. The van der Waals surface area contributed by atoms with Crippen molar-refractivity contribution in [1.82, 2.24) is 15.5 Å². The molecule has 0 radical (unpaired) electrons. The van der Waals surface area contributed by atoms with Crippen molar-refractivity contribution in [1.29, 1.82) is 0 Å². The Balaban J connectivity index is 1.54. The minimum atomic E-state index is -0.331. The fourth-order valence-electron chi connectivity index (χ4n) is 3.13. The Morgan fingerprint density at radius 1 is 1.32 bits per heavy atom. The van der Waals surface area contributed by atoms with Gasteiger partial charge in [0.15, 0.2) is 0 Å². The molecule has 2 aliphatic rings. The third-order valence-electron chi connectivity index (χ3n) is 4.32. The van der Waals surface area contributed by atoms with Crippen LogP contribution >= 0.6 is 0 Å². The van der Waals surface area contributed by atoms with E-state index in [2.05, 4.69) is 16.0 Å². The molecular weight excluding hydrogens is 322 g/mol. The van der Waals surface area contributed by atoms with E-state index in [1.54, 1.807) is 28.0 Å². The zero-order valence-corrected chi connectivity index (χ0v) is 14.2. The predicted octanol–water partition coefficient (Wildman–Crippen LogP) is 1.35. The average Bonchev–Trinajstić information content (AvgIpc) is 3.16. The van der Waals surface area contributed by atoms with Crippen LogP contribution in [0.15, 0.2) is 24.3 Å². The first-order valence-corrected chi connectivity index (χ1v) is 8.53. The Morgan fingerprint density at radius 2 is 2.16 bits per heavy atom. The summed E-state index contributed by atoms with van der Waals surface area (Å²) >= 11 is 0. The first kappa shape index (κ1) is 17.1. The van der Waals surface area contributed by atoms with Crippen LogP contribution in [0.1, 0.15) is 19.8 Å². The van der Waals surface area contributed by atoms with Crippen molar-refractivity contribution < 1.29 is 14.4 Å². The number of hydrogen-bond acceptors (Lipinski definition) is 3. The molecule has 0 bridgehead atoms. The number of anilines is 2. The molecule has 0 aliphatic carbocycles. The lowest BCUT2D eigenvalue weighted by Crippen LogP contribution is -2.44. The Hall–Kier alpha value is -2.77. The maximum atomic E-state index is 12.2. The normalized spacial score (nSPS) is 18.3. The number of benzene rings is 1. The van der Waals surface area contributed by atoms with Gasteiger partial charge in [-0.1, -0.05) is 6.07 Å². The second kappa shape index (κ2) is 7.42. The maximum absolute atomic E-state index is 12.2. The average molecular weight is 345 g/mol. The molecule has 2 saturated heterocycles. The van der Waals surface area contributed by atoms with E-state index in [4.69, 9.17) is 0 Å². The van der Waals surface area contributed by atoms with Gasteiger partial charge in [0.1, 0.15) is 0 Å². The number of likely N-dealkylation sites (tertiary alicyclic amines) is 1. The van der Waals surface area contributed by atoms with Crippen LogP contribution in [0.5, 0.6) is 0 Å². The van der Waals surface area contributed by atoms with Gasteiger partial charge >= 0.3 is 12.1 Å². The van der Waals surface area contributed by atoms with E-state index in [1.807, 2.05) is 13.0 Å². The highest BCUT2D eigenvalue weighted by molar-refractivity contribution is 5.95. The number of rotatable bonds is 5. The summed E-state index contributed by atoms with van der Waals surface area (Å²) in [5, 5.41) is 8.36. The SMILES string of the molecule is C[C@@H](CN1CCCC1=O)NC(=O)Nc1cccc(N2CCNC2=O)c1. The summed E-state index contributed by atoms with van der Waals surface area (Å²) in [6.45, 7) is 4.36. The van der Waals surface area contributed by atoms with E-state index in [-0.39, 0.29) is 24.0 Å². The Bertz CT molecular complexity index is 678. The van der Waals surface area contributed by atoms with Crippen molar-refractivity contribution in [3.63, 3.8) is 0 Å². The Labute approximate surface area is 146 Å². The Kier molecular flexibility index (Phi) is 5.06. The molecule has 8 nitrogen and oxygen atoms in total. The molecule has 0 spiro atoms. The topological polar surface area (TPSA) is 93.8 Å². The highest BCUT2D eigenvalue weighted by atomic mass is 16.2. The molecule has 2 fully saturated rings. The molecular formula is C17H23N5O3. The molecule has 2 aliphatic heterocycles. The smallest absolute Gasteiger partial charge is 0.321 e. The number of hydrogen-bond donors (Lipinski definition) is 3. The number of nitrogens with one attached hydrogen (secondary N) is 3. The monoisotopic (exact) mass is 345 g/mol. The van der Waals surface area contributed by atoms with Crippen molar-refractivity contribution in [3.05, 3.63) is 24.3 Å². The van der Waals surface area contributed by atoms with Gasteiger partial charge in [-0.15, -0.1) is 0 Å². The highest BCUT2D eigenvalue weighted by Crippen LogP contribution is 2.21. The lowest BCUT2D eigenvalue weighted by Gasteiger charge is -2.22.